The Hall–Kier alpha value is -0.740. The van der Waals surface area contributed by atoms with Crippen LogP contribution in [0, 0.1) is 0 Å². The molecule has 0 atom stereocenters. The topological polar surface area (TPSA) is 42.1 Å². The van der Waals surface area contributed by atoms with Crippen molar-refractivity contribution in [2.45, 2.75) is 13.0 Å². The van der Waals surface area contributed by atoms with Gasteiger partial charge in [0, 0.05) is 25.4 Å². The zero-order valence-electron chi connectivity index (χ0n) is 8.85. The molecule has 2 N–H and O–H groups in total. The molecule has 1 aromatic heterocycles. The molecule has 4 heteroatoms. The van der Waals surface area contributed by atoms with Crippen molar-refractivity contribution >= 4 is 17.4 Å². The summed E-state index contributed by atoms with van der Waals surface area (Å²) in [5.74, 6) is 2.50. The molecule has 0 saturated carbocycles. The molecule has 0 spiro atoms. The summed E-state index contributed by atoms with van der Waals surface area (Å²) >= 11 is 2.04. The molecule has 1 aliphatic rings. The molecule has 0 aromatic carbocycles. The van der Waals surface area contributed by atoms with E-state index >= 15 is 0 Å². The average Bonchev–Trinajstić information content (AvgIpc) is 2.58. The van der Waals surface area contributed by atoms with Gasteiger partial charge < -0.3 is 10.6 Å². The van der Waals surface area contributed by atoms with Gasteiger partial charge in [0.25, 0.3) is 0 Å². The third kappa shape index (κ3) is 2.86. The molecule has 0 unspecified atom stereocenters. The summed E-state index contributed by atoms with van der Waals surface area (Å²) in [6, 6.07) is 4.15. The lowest BCUT2D eigenvalue weighted by molar-refractivity contribution is 0.811. The Morgan fingerprint density at radius 3 is 3.00 bits per heavy atom. The van der Waals surface area contributed by atoms with Crippen LogP contribution < -0.4 is 10.6 Å². The molecule has 1 aliphatic heterocycles. The Morgan fingerprint density at radius 2 is 2.27 bits per heavy atom. The molecule has 1 aromatic rings. The number of nitrogens with two attached hydrogens (primary N) is 1. The van der Waals surface area contributed by atoms with Crippen molar-refractivity contribution < 1.29 is 0 Å². The maximum atomic E-state index is 5.52. The van der Waals surface area contributed by atoms with Gasteiger partial charge in [0.2, 0.25) is 0 Å². The number of pyridine rings is 1. The van der Waals surface area contributed by atoms with E-state index in [1.165, 1.54) is 23.6 Å². The third-order valence-electron chi connectivity index (χ3n) is 2.61. The first kappa shape index (κ1) is 10.8. The zero-order chi connectivity index (χ0) is 10.5. The van der Waals surface area contributed by atoms with Crippen LogP contribution in [0.3, 0.4) is 0 Å². The van der Waals surface area contributed by atoms with Crippen LogP contribution in [-0.4, -0.2) is 29.6 Å². The van der Waals surface area contributed by atoms with Crippen molar-refractivity contribution in [1.29, 1.82) is 0 Å². The number of aromatic nitrogens is 1. The monoisotopic (exact) mass is 223 g/mol. The number of hydrogen-bond acceptors (Lipinski definition) is 4. The summed E-state index contributed by atoms with van der Waals surface area (Å²) in [6.07, 6.45) is 3.21. The van der Waals surface area contributed by atoms with E-state index in [2.05, 4.69) is 16.0 Å². The lowest BCUT2D eigenvalue weighted by Crippen LogP contribution is -2.25. The number of anilines is 1. The fourth-order valence-electron chi connectivity index (χ4n) is 1.73. The van der Waals surface area contributed by atoms with Gasteiger partial charge in [-0.2, -0.15) is 11.8 Å². The van der Waals surface area contributed by atoms with Gasteiger partial charge in [-0.3, -0.25) is 4.98 Å². The Balaban J connectivity index is 2.06. The van der Waals surface area contributed by atoms with E-state index in [1.807, 2.05) is 24.0 Å². The molecule has 2 rings (SSSR count). The second-order valence-electron chi connectivity index (χ2n) is 3.66. The Labute approximate surface area is 95.1 Å². The summed E-state index contributed by atoms with van der Waals surface area (Å²) in [5.41, 5.74) is 7.72. The van der Waals surface area contributed by atoms with Crippen LogP contribution in [0.5, 0.6) is 0 Å². The van der Waals surface area contributed by atoms with Crippen molar-refractivity contribution in [2.24, 2.45) is 5.73 Å². The van der Waals surface area contributed by atoms with Crippen molar-refractivity contribution in [2.75, 3.05) is 29.5 Å². The van der Waals surface area contributed by atoms with Crippen molar-refractivity contribution in [3.05, 3.63) is 24.0 Å². The Bertz CT molecular complexity index is 291. The van der Waals surface area contributed by atoms with Crippen molar-refractivity contribution in [1.82, 2.24) is 4.98 Å². The summed E-state index contributed by atoms with van der Waals surface area (Å²) in [5, 5.41) is 0. The first-order valence-electron chi connectivity index (χ1n) is 5.38. The normalized spacial score (nSPS) is 17.5. The minimum atomic E-state index is 0.524. The fraction of sp³-hybridized carbons (Fsp3) is 0.545. The highest BCUT2D eigenvalue weighted by atomic mass is 32.2. The van der Waals surface area contributed by atoms with Crippen LogP contribution in [0.25, 0.3) is 0 Å². The smallest absolute Gasteiger partial charge is 0.0553 e. The minimum absolute atomic E-state index is 0.524. The Morgan fingerprint density at radius 1 is 1.33 bits per heavy atom. The second-order valence-corrected chi connectivity index (χ2v) is 4.89. The summed E-state index contributed by atoms with van der Waals surface area (Å²) in [7, 11) is 0. The van der Waals surface area contributed by atoms with Gasteiger partial charge in [-0.25, -0.2) is 0 Å². The largest absolute Gasteiger partial charge is 0.369 e. The summed E-state index contributed by atoms with van der Waals surface area (Å²) in [6.45, 7) is 2.81. The lowest BCUT2D eigenvalue weighted by Gasteiger charge is -2.21. The molecule has 0 bridgehead atoms. The maximum absolute atomic E-state index is 5.52. The van der Waals surface area contributed by atoms with Gasteiger partial charge in [0.05, 0.1) is 17.6 Å². The third-order valence-corrected chi connectivity index (χ3v) is 3.65. The predicted octanol–water partition coefficient (Wildman–Crippen LogP) is 1.48. The van der Waals surface area contributed by atoms with Gasteiger partial charge in [-0.15, -0.1) is 0 Å². The Kier molecular flexibility index (Phi) is 3.86. The van der Waals surface area contributed by atoms with E-state index in [0.717, 1.165) is 18.8 Å². The molecule has 2 heterocycles. The van der Waals surface area contributed by atoms with E-state index in [9.17, 15) is 0 Å². The highest BCUT2D eigenvalue weighted by molar-refractivity contribution is 7.99. The maximum Gasteiger partial charge on any atom is 0.0553 e. The van der Waals surface area contributed by atoms with E-state index in [4.69, 9.17) is 5.73 Å². The first-order chi connectivity index (χ1) is 7.40. The highest BCUT2D eigenvalue weighted by Gasteiger charge is 2.09. The molecule has 0 radical (unpaired) electrons. The van der Waals surface area contributed by atoms with Crippen LogP contribution in [0.4, 0.5) is 5.69 Å². The van der Waals surface area contributed by atoms with Crippen LogP contribution in [-0.2, 0) is 6.54 Å². The molecule has 3 nitrogen and oxygen atoms in total. The SMILES string of the molecule is NCc1ccc(N2CCCSCC2)cn1. The quantitative estimate of drug-likeness (QED) is 0.824. The van der Waals surface area contributed by atoms with Gasteiger partial charge >= 0.3 is 0 Å². The molecule has 15 heavy (non-hydrogen) atoms. The van der Waals surface area contributed by atoms with Crippen LogP contribution >= 0.6 is 11.8 Å². The van der Waals surface area contributed by atoms with E-state index in [1.54, 1.807) is 0 Å². The standard InChI is InChI=1S/C11H17N3S/c12-8-10-2-3-11(9-13-10)14-4-1-6-15-7-5-14/h2-3,9H,1,4-8,12H2. The van der Waals surface area contributed by atoms with Gasteiger partial charge in [0.1, 0.15) is 0 Å². The van der Waals surface area contributed by atoms with Gasteiger partial charge in [0.15, 0.2) is 0 Å². The second kappa shape index (κ2) is 5.37. The fourth-order valence-corrected chi connectivity index (χ4v) is 2.62. The summed E-state index contributed by atoms with van der Waals surface area (Å²) in [4.78, 5) is 6.74. The van der Waals surface area contributed by atoms with Gasteiger partial charge in [-0.1, -0.05) is 0 Å². The van der Waals surface area contributed by atoms with E-state index < -0.39 is 0 Å². The number of rotatable bonds is 2. The predicted molar refractivity (Wildman–Crippen MR) is 66.3 cm³/mol. The first-order valence-corrected chi connectivity index (χ1v) is 6.53. The lowest BCUT2D eigenvalue weighted by atomic mass is 10.3. The molecular weight excluding hydrogens is 206 g/mol. The number of nitrogens with zero attached hydrogens (tertiary/aromatic N) is 2. The molecule has 0 amide bonds. The van der Waals surface area contributed by atoms with E-state index in [0.29, 0.717) is 6.54 Å². The molecule has 1 saturated heterocycles. The zero-order valence-corrected chi connectivity index (χ0v) is 9.67. The number of thioether (sulfide) groups is 1. The van der Waals surface area contributed by atoms with Crippen molar-refractivity contribution in [3.63, 3.8) is 0 Å². The van der Waals surface area contributed by atoms with Gasteiger partial charge in [-0.05, 0) is 24.3 Å². The van der Waals surface area contributed by atoms with E-state index in [-0.39, 0.29) is 0 Å². The molecule has 82 valence electrons. The molecule has 1 fully saturated rings. The molecule has 0 aliphatic carbocycles. The van der Waals surface area contributed by atoms with Crippen LogP contribution in [0.2, 0.25) is 0 Å². The van der Waals surface area contributed by atoms with Crippen LogP contribution in [0.15, 0.2) is 18.3 Å². The highest BCUT2D eigenvalue weighted by Crippen LogP contribution is 2.18. The summed E-state index contributed by atoms with van der Waals surface area (Å²) < 4.78 is 0. The minimum Gasteiger partial charge on any atom is -0.369 e. The van der Waals surface area contributed by atoms with Crippen LogP contribution in [0.1, 0.15) is 12.1 Å². The number of hydrogen-bond donors (Lipinski definition) is 1. The molecular formula is C11H17N3S. The van der Waals surface area contributed by atoms with Crippen molar-refractivity contribution in [3.8, 4) is 0 Å². The average molecular weight is 223 g/mol.